The van der Waals surface area contributed by atoms with E-state index in [1.54, 1.807) is 0 Å². The standard InChI is InChI=1S/C26H23O2Se.C24BCl4F16/c1-4-12-22(13-5-1)27-20-21-28-25-18-10-11-19-26(25)29(23-14-6-2-7-15-23)24-16-8-3-9-17-24;26-5-1(9(30)17(38)21(42)13(5)34)25(2-6(27)14(35)22(43)18(39)10(2)31,3-7(28)15(36)23(44)19(40)11(3)32)4-8(29)16(37)24(45)20(41)12(4)33/h1-19H,20-21H2;/q+1;-1. The van der Waals surface area contributed by atoms with Gasteiger partial charge in [0.2, 0.25) is 0 Å². The Hall–Kier alpha value is -6.02. The summed E-state index contributed by atoms with van der Waals surface area (Å²) in [7, 11) is 0. The zero-order valence-corrected chi connectivity index (χ0v) is 41.0. The van der Waals surface area contributed by atoms with Gasteiger partial charge in [0, 0.05) is 20.1 Å². The second-order valence-corrected chi connectivity index (χ2v) is 20.9. The monoisotopic (exact) mass is 1190 g/mol. The molecule has 0 fully saturated rings. The molecule has 0 aromatic heterocycles. The minimum absolute atomic E-state index is 0.508. The molecule has 0 saturated carbocycles. The average molecular weight is 1190 g/mol. The molecule has 8 aromatic carbocycles. The number of benzene rings is 8. The summed E-state index contributed by atoms with van der Waals surface area (Å²) in [5, 5.41) is -9.69. The average Bonchev–Trinajstić information content (AvgIpc) is 3.41. The molecule has 0 aliphatic carbocycles. The Morgan fingerprint density at radius 1 is 0.311 bits per heavy atom. The van der Waals surface area contributed by atoms with Crippen molar-refractivity contribution in [1.29, 1.82) is 0 Å². The summed E-state index contributed by atoms with van der Waals surface area (Å²) in [5.41, 5.74) is -10.7. The van der Waals surface area contributed by atoms with Gasteiger partial charge in [0.25, 0.3) is 0 Å². The third kappa shape index (κ3) is 9.87. The maximum atomic E-state index is 15.8. The van der Waals surface area contributed by atoms with E-state index in [0.717, 1.165) is 11.5 Å². The van der Waals surface area contributed by atoms with Crippen LogP contribution in [0.4, 0.5) is 70.2 Å². The van der Waals surface area contributed by atoms with Gasteiger partial charge in [0.15, 0.2) is 69.8 Å². The summed E-state index contributed by atoms with van der Waals surface area (Å²) < 4.78 is 254. The van der Waals surface area contributed by atoms with Crippen molar-refractivity contribution in [3.05, 3.63) is 228 Å². The summed E-state index contributed by atoms with van der Waals surface area (Å²) >= 11 is 20.8. The van der Waals surface area contributed by atoms with E-state index in [4.69, 9.17) is 55.9 Å². The third-order valence-electron chi connectivity index (χ3n) is 11.1. The van der Waals surface area contributed by atoms with Crippen molar-refractivity contribution in [3.8, 4) is 11.5 Å². The maximum absolute atomic E-state index is 15.8. The van der Waals surface area contributed by atoms with Crippen molar-refractivity contribution in [3.63, 3.8) is 0 Å². The van der Waals surface area contributed by atoms with E-state index in [1.807, 2.05) is 36.4 Å². The van der Waals surface area contributed by atoms with E-state index in [-0.39, 0.29) is 0 Å². The molecule has 0 bridgehead atoms. The summed E-state index contributed by atoms with van der Waals surface area (Å²) in [6.07, 6.45) is -6.24. The van der Waals surface area contributed by atoms with Crippen LogP contribution in [0.3, 0.4) is 0 Å². The molecule has 384 valence electrons. The summed E-state index contributed by atoms with van der Waals surface area (Å²) in [4.78, 5) is 0. The Kier molecular flexibility index (Phi) is 17.2. The van der Waals surface area contributed by atoms with E-state index in [2.05, 4.69) is 78.9 Å². The van der Waals surface area contributed by atoms with Gasteiger partial charge in [-0.15, -0.1) is 21.9 Å². The fraction of sp³-hybridized carbons (Fsp3) is 0.0400. The van der Waals surface area contributed by atoms with E-state index < -0.39 is 155 Å². The summed E-state index contributed by atoms with van der Waals surface area (Å²) in [6, 6.07) is 39.8. The van der Waals surface area contributed by atoms with Crippen LogP contribution in [0.15, 0.2) is 115 Å². The SMILES string of the molecule is Fc1c(F)c(F)c([B-](c2c(F)c(F)c(F)c(F)c2Cl)(c2c(F)c(F)c(F)c(F)c2Cl)c2c(F)c(F)c(F)c(F)c2Cl)c(Cl)c1F.c1ccc(OCCOc2ccccc2[Se+](c2ccccc2)c2ccccc2)cc1. The van der Waals surface area contributed by atoms with Crippen LogP contribution in [0.2, 0.25) is 20.1 Å². The number of ether oxygens (including phenoxy) is 2. The molecule has 8 rings (SSSR count). The molecule has 0 aliphatic heterocycles. The van der Waals surface area contributed by atoms with Gasteiger partial charge in [-0.05, 0) is 0 Å². The predicted molar refractivity (Wildman–Crippen MR) is 251 cm³/mol. The predicted octanol–water partition coefficient (Wildman–Crippen LogP) is 11.6. The van der Waals surface area contributed by atoms with E-state index in [1.165, 1.54) is 13.4 Å². The van der Waals surface area contributed by atoms with Gasteiger partial charge in [0.1, 0.15) is 29.4 Å². The van der Waals surface area contributed by atoms with E-state index >= 15 is 17.6 Å². The normalized spacial score (nSPS) is 11.5. The molecule has 8 aromatic rings. The van der Waals surface area contributed by atoms with Crippen molar-refractivity contribution in [1.82, 2.24) is 0 Å². The number of hydrogen-bond acceptors (Lipinski definition) is 2. The molecule has 0 amide bonds. The Bertz CT molecular complexity index is 3000. The first kappa shape index (κ1) is 55.7. The zero-order chi connectivity index (χ0) is 54.1. The fourth-order valence-corrected chi connectivity index (χ4v) is 13.8. The fourth-order valence-electron chi connectivity index (χ4n) is 7.94. The Labute approximate surface area is 432 Å². The molecular formula is C50H23BCl4F16O2Se. The molecule has 74 heavy (non-hydrogen) atoms. The molecule has 24 heteroatoms. The van der Waals surface area contributed by atoms with Crippen LogP contribution >= 0.6 is 46.4 Å². The van der Waals surface area contributed by atoms with E-state index in [9.17, 15) is 52.7 Å². The van der Waals surface area contributed by atoms with Crippen LogP contribution in [-0.2, 0) is 0 Å². The van der Waals surface area contributed by atoms with Crippen LogP contribution < -0.4 is 44.7 Å². The first-order chi connectivity index (χ1) is 35.1. The van der Waals surface area contributed by atoms with Crippen molar-refractivity contribution in [2.45, 2.75) is 0 Å². The number of para-hydroxylation sites is 2. The van der Waals surface area contributed by atoms with Gasteiger partial charge < -0.3 is 0 Å². The first-order valence-corrected chi connectivity index (χ1v) is 24.7. The number of halogens is 20. The molecule has 0 radical (unpaired) electrons. The Balaban J connectivity index is 0.000000237. The van der Waals surface area contributed by atoms with Gasteiger partial charge in [-0.2, -0.15) is 0 Å². The van der Waals surface area contributed by atoms with Gasteiger partial charge in [-0.3, -0.25) is 0 Å². The molecule has 2 nitrogen and oxygen atoms in total. The van der Waals surface area contributed by atoms with Crippen molar-refractivity contribution < 1.29 is 79.7 Å². The van der Waals surface area contributed by atoms with Gasteiger partial charge in [0.05, 0.1) is 0 Å². The van der Waals surface area contributed by atoms with Crippen LogP contribution in [-0.4, -0.2) is 33.3 Å². The minimum atomic E-state index is -6.24. The Morgan fingerprint density at radius 3 is 0.919 bits per heavy atom. The van der Waals surface area contributed by atoms with Gasteiger partial charge in [-0.1, -0.05) is 46.4 Å². The molecule has 0 unspecified atom stereocenters. The summed E-state index contributed by atoms with van der Waals surface area (Å²) in [5.74, 6) is -46.5. The second-order valence-electron chi connectivity index (χ2n) is 15.2. The molecule has 0 saturated heterocycles. The first-order valence-electron chi connectivity index (χ1n) is 20.6. The molecule has 0 heterocycles. The number of rotatable bonds is 12. The van der Waals surface area contributed by atoms with Crippen molar-refractivity contribution in [2.75, 3.05) is 13.2 Å². The van der Waals surface area contributed by atoms with Gasteiger partial charge >= 0.3 is 177 Å². The molecule has 0 aliphatic rings. The van der Waals surface area contributed by atoms with Gasteiger partial charge in [-0.25, -0.2) is 70.2 Å². The molecular weight excluding hydrogens is 1170 g/mol. The number of hydrogen-bond donors (Lipinski definition) is 0. The molecule has 0 spiro atoms. The quantitative estimate of drug-likeness (QED) is 0.0399. The molecule has 0 atom stereocenters. The molecule has 0 N–H and O–H groups in total. The third-order valence-corrected chi connectivity index (χ3v) is 17.3. The van der Waals surface area contributed by atoms with Crippen molar-refractivity contribution in [2.24, 2.45) is 0 Å². The van der Waals surface area contributed by atoms with Crippen LogP contribution in [0.25, 0.3) is 0 Å². The van der Waals surface area contributed by atoms with Crippen LogP contribution in [0.5, 0.6) is 11.5 Å². The van der Waals surface area contributed by atoms with Crippen LogP contribution in [0.1, 0.15) is 0 Å². The van der Waals surface area contributed by atoms with E-state index in [0.29, 0.717) is 13.2 Å². The second kappa shape index (κ2) is 22.8. The van der Waals surface area contributed by atoms with Crippen LogP contribution in [0, 0.1) is 93.1 Å². The topological polar surface area (TPSA) is 18.5 Å². The Morgan fingerprint density at radius 2 is 0.581 bits per heavy atom. The zero-order valence-electron chi connectivity index (χ0n) is 36.2. The van der Waals surface area contributed by atoms with Crippen molar-refractivity contribution >= 4 is 102 Å². The summed E-state index contributed by atoms with van der Waals surface area (Å²) in [6.45, 7) is 1.02.